The van der Waals surface area contributed by atoms with E-state index in [1.165, 1.54) is 44.2 Å². The highest BCUT2D eigenvalue weighted by Crippen LogP contribution is 2.40. The van der Waals surface area contributed by atoms with Crippen LogP contribution >= 0.6 is 0 Å². The highest BCUT2D eigenvalue weighted by Gasteiger charge is 2.33. The molecule has 1 N–H and O–H groups in total. The quantitative estimate of drug-likeness (QED) is 0.564. The number of carboxylic acid groups (broad SMARTS) is 1. The van der Waals surface area contributed by atoms with E-state index in [2.05, 4.69) is 6.92 Å². The van der Waals surface area contributed by atoms with E-state index in [0.29, 0.717) is 0 Å². The van der Waals surface area contributed by atoms with Crippen LogP contribution in [0.1, 0.15) is 51.9 Å². The van der Waals surface area contributed by atoms with E-state index in [0.717, 1.165) is 18.4 Å². The monoisotopic (exact) mass is 310 g/mol. The van der Waals surface area contributed by atoms with Gasteiger partial charge in [0.15, 0.2) is 0 Å². The van der Waals surface area contributed by atoms with E-state index in [-0.39, 0.29) is 23.5 Å². The van der Waals surface area contributed by atoms with Crippen molar-refractivity contribution in [3.8, 4) is 0 Å². The predicted octanol–water partition coefficient (Wildman–Crippen LogP) is 4.82. The molecule has 2 nitrogen and oxygen atoms in total. The predicted molar refractivity (Wildman–Crippen MR) is 88.4 cm³/mol. The zero-order chi connectivity index (χ0) is 14.4. The lowest BCUT2D eigenvalue weighted by Crippen LogP contribution is -2.32. The zero-order valence-corrected chi connectivity index (χ0v) is 15.0. The first-order chi connectivity index (χ1) is 9.70. The van der Waals surface area contributed by atoms with Crippen LogP contribution < -0.4 is 0 Å². The van der Waals surface area contributed by atoms with Gasteiger partial charge in [-0.2, -0.15) is 0 Å². The maximum atomic E-state index is 11.0. The third-order valence-corrected chi connectivity index (χ3v) is 12.0. The van der Waals surface area contributed by atoms with Crippen LogP contribution in [0.2, 0.25) is 35.8 Å². The second-order valence-electron chi connectivity index (χ2n) is 6.75. The molecular weight excluding hydrogens is 280 g/mol. The summed E-state index contributed by atoms with van der Waals surface area (Å²) < 4.78 is 0. The summed E-state index contributed by atoms with van der Waals surface area (Å²) in [7, 11) is -0.202. The molecule has 2 rings (SSSR count). The number of hydrogen-bond donors (Lipinski definition) is 1. The minimum Gasteiger partial charge on any atom is -0.481 e. The summed E-state index contributed by atoms with van der Waals surface area (Å²) >= 11 is 0. The van der Waals surface area contributed by atoms with Crippen LogP contribution in [0.25, 0.3) is 0 Å². The van der Waals surface area contributed by atoms with Crippen LogP contribution in [-0.2, 0) is 4.79 Å². The van der Waals surface area contributed by atoms with Crippen LogP contribution in [0, 0.1) is 5.92 Å². The van der Waals surface area contributed by atoms with Gasteiger partial charge in [0.1, 0.15) is 0 Å². The smallest absolute Gasteiger partial charge is 0.306 e. The summed E-state index contributed by atoms with van der Waals surface area (Å²) in [6.45, 7) is 2.30. The van der Waals surface area contributed by atoms with Crippen molar-refractivity contribution in [2.75, 3.05) is 0 Å². The molecule has 20 heavy (non-hydrogen) atoms. The molecule has 2 heterocycles. The normalized spacial score (nSPS) is 24.1. The number of rotatable bonds is 6. The van der Waals surface area contributed by atoms with Gasteiger partial charge < -0.3 is 5.11 Å². The molecule has 0 saturated carbocycles. The van der Waals surface area contributed by atoms with Gasteiger partial charge in [-0.15, -0.1) is 0 Å². The third kappa shape index (κ3) is 4.73. The fourth-order valence-corrected chi connectivity index (χ4v) is 11.2. The van der Waals surface area contributed by atoms with Crippen molar-refractivity contribution in [2.24, 2.45) is 5.92 Å². The summed E-state index contributed by atoms with van der Waals surface area (Å²) in [5, 5.41) is 9.09. The van der Waals surface area contributed by atoms with E-state index in [1.807, 2.05) is 0 Å². The topological polar surface area (TPSA) is 37.3 Å². The minimum atomic E-state index is -0.545. The molecule has 2 radical (unpaired) electrons. The second kappa shape index (κ2) is 8.37. The molecule has 4 heteroatoms. The first-order valence-electron chi connectivity index (χ1n) is 8.61. The molecule has 0 aliphatic carbocycles. The Hall–Kier alpha value is -0.0962. The Bertz CT molecular complexity index is 293. The lowest BCUT2D eigenvalue weighted by molar-refractivity contribution is -0.142. The largest absolute Gasteiger partial charge is 0.481 e. The number of carboxylic acids is 1. The summed E-state index contributed by atoms with van der Waals surface area (Å²) in [6, 6.07) is 7.26. The van der Waals surface area contributed by atoms with Crippen LogP contribution in [0.4, 0.5) is 0 Å². The van der Waals surface area contributed by atoms with Crippen molar-refractivity contribution in [3.63, 3.8) is 0 Å². The molecule has 0 spiro atoms. The summed E-state index contributed by atoms with van der Waals surface area (Å²) in [4.78, 5) is 11.0. The third-order valence-electron chi connectivity index (χ3n) is 5.38. The molecule has 2 aliphatic heterocycles. The lowest BCUT2D eigenvalue weighted by atomic mass is 10.0. The molecule has 114 valence electrons. The van der Waals surface area contributed by atoms with E-state index < -0.39 is 5.97 Å². The van der Waals surface area contributed by atoms with Crippen molar-refractivity contribution in [1.82, 2.24) is 0 Å². The van der Waals surface area contributed by atoms with Gasteiger partial charge in [0.05, 0.1) is 14.7 Å². The number of aliphatic carboxylic acids is 1. The van der Waals surface area contributed by atoms with E-state index >= 15 is 0 Å². The average Bonchev–Trinajstić information content (AvgIpc) is 2.48. The van der Waals surface area contributed by atoms with Gasteiger partial charge in [-0.1, -0.05) is 69.2 Å². The van der Waals surface area contributed by atoms with Crippen molar-refractivity contribution in [2.45, 2.75) is 87.6 Å². The molecule has 0 aromatic carbocycles. The highest BCUT2D eigenvalue weighted by atomic mass is 28.3. The summed E-state index contributed by atoms with van der Waals surface area (Å²) in [5.74, 6) is -0.558. The standard InChI is InChI=1S/C16H30O2Si2/c1-2-3-4-9-19-10-7-15(8-11-19)20-12-5-14(6-13-20)16(17)18/h14-15H,2-13H2,1H3,(H,17,18). The Labute approximate surface area is 127 Å². The Morgan fingerprint density at radius 2 is 1.70 bits per heavy atom. The summed E-state index contributed by atoms with van der Waals surface area (Å²) in [6.07, 6.45) is 9.24. The first kappa shape index (κ1) is 16.3. The van der Waals surface area contributed by atoms with Crippen LogP contribution in [0.15, 0.2) is 0 Å². The maximum absolute atomic E-state index is 11.0. The van der Waals surface area contributed by atoms with Gasteiger partial charge in [0.25, 0.3) is 0 Å². The lowest BCUT2D eigenvalue weighted by Gasteiger charge is -2.35. The first-order valence-corrected chi connectivity index (χ1v) is 12.7. The number of unbranched alkanes of at least 4 members (excludes halogenated alkanes) is 2. The minimum absolute atomic E-state index is 0.00755. The molecule has 0 unspecified atom stereocenters. The Kier molecular flexibility index (Phi) is 6.81. The van der Waals surface area contributed by atoms with Gasteiger partial charge >= 0.3 is 5.97 Å². The van der Waals surface area contributed by atoms with Gasteiger partial charge in [-0.25, -0.2) is 0 Å². The number of hydrogen-bond acceptors (Lipinski definition) is 1. The van der Waals surface area contributed by atoms with Gasteiger partial charge in [0, 0.05) is 8.80 Å². The van der Waals surface area contributed by atoms with Crippen molar-refractivity contribution in [1.29, 1.82) is 0 Å². The molecule has 2 saturated heterocycles. The SMILES string of the molecule is CCCCC[Si]1CCC([Si]2CCC(C(=O)O)CC2)CC1. The molecule has 0 bridgehead atoms. The summed E-state index contributed by atoms with van der Waals surface area (Å²) in [5.41, 5.74) is 1.04. The molecule has 0 amide bonds. The molecule has 0 atom stereocenters. The van der Waals surface area contributed by atoms with Crippen molar-refractivity contribution < 1.29 is 9.90 Å². The van der Waals surface area contributed by atoms with Crippen molar-refractivity contribution >= 4 is 23.6 Å². The van der Waals surface area contributed by atoms with Gasteiger partial charge in [-0.3, -0.25) is 4.79 Å². The Balaban J connectivity index is 1.65. The van der Waals surface area contributed by atoms with Crippen LogP contribution in [0.3, 0.4) is 0 Å². The molecule has 2 fully saturated rings. The van der Waals surface area contributed by atoms with E-state index in [4.69, 9.17) is 5.11 Å². The maximum Gasteiger partial charge on any atom is 0.306 e. The Morgan fingerprint density at radius 3 is 2.25 bits per heavy atom. The second-order valence-corrected chi connectivity index (χ2v) is 12.9. The molecular formula is C16H30O2Si2. The fraction of sp³-hybridized carbons (Fsp3) is 0.938. The van der Waals surface area contributed by atoms with Crippen LogP contribution in [-0.4, -0.2) is 28.7 Å². The number of carbonyl (C=O) groups is 1. The average molecular weight is 311 g/mol. The van der Waals surface area contributed by atoms with E-state index in [1.54, 1.807) is 18.1 Å². The fourth-order valence-electron chi connectivity index (χ4n) is 3.95. The molecule has 0 aromatic heterocycles. The van der Waals surface area contributed by atoms with E-state index in [9.17, 15) is 4.79 Å². The van der Waals surface area contributed by atoms with Crippen molar-refractivity contribution in [3.05, 3.63) is 0 Å². The highest BCUT2D eigenvalue weighted by molar-refractivity contribution is 6.63. The molecule has 0 aromatic rings. The van der Waals surface area contributed by atoms with Gasteiger partial charge in [-0.05, 0) is 18.4 Å². The zero-order valence-electron chi connectivity index (χ0n) is 13.0. The molecule has 2 aliphatic rings. The Morgan fingerprint density at radius 1 is 1.05 bits per heavy atom. The van der Waals surface area contributed by atoms with Gasteiger partial charge in [0.2, 0.25) is 0 Å². The van der Waals surface area contributed by atoms with Crippen LogP contribution in [0.5, 0.6) is 0 Å².